The van der Waals surface area contributed by atoms with Crippen LogP contribution in [0.15, 0.2) is 48.7 Å². The molecule has 1 saturated carbocycles. The van der Waals surface area contributed by atoms with Crippen LogP contribution >= 0.6 is 23.2 Å². The molecule has 1 aromatic heterocycles. The van der Waals surface area contributed by atoms with Gasteiger partial charge in [0, 0.05) is 33.8 Å². The van der Waals surface area contributed by atoms with Crippen molar-refractivity contribution >= 4 is 47.0 Å². The van der Waals surface area contributed by atoms with Crippen molar-refractivity contribution in [3.8, 4) is 11.3 Å². The maximum absolute atomic E-state index is 13.3. The number of carbonyl (C=O) groups excluding carboxylic acids is 3. The number of likely N-dealkylation sites (tertiary alicyclic amines) is 1. The number of benzene rings is 2. The average Bonchev–Trinajstić information content (AvgIpc) is 3.54. The normalized spacial score (nSPS) is 18.5. The van der Waals surface area contributed by atoms with Gasteiger partial charge in [-0.3, -0.25) is 9.69 Å². The van der Waals surface area contributed by atoms with Crippen LogP contribution in [0.4, 0.5) is 10.6 Å². The molecule has 1 unspecified atom stereocenters. The number of esters is 1. The average molecular weight is 683 g/mol. The second kappa shape index (κ2) is 14.9. The molecule has 2 heterocycles. The van der Waals surface area contributed by atoms with E-state index in [4.69, 9.17) is 43.4 Å². The molecule has 0 spiro atoms. The number of nitrogens with zero attached hydrogens (tertiary/aromatic N) is 3. The molecule has 10 nitrogen and oxygen atoms in total. The van der Waals surface area contributed by atoms with Crippen molar-refractivity contribution in [1.29, 1.82) is 0 Å². The van der Waals surface area contributed by atoms with Crippen molar-refractivity contribution in [3.05, 3.63) is 75.5 Å². The van der Waals surface area contributed by atoms with Crippen molar-refractivity contribution in [2.24, 2.45) is 0 Å². The Hall–Kier alpha value is -3.89. The third kappa shape index (κ3) is 8.93. The molecule has 2 atom stereocenters. The number of nitrogen functional groups attached to an aromatic ring is 1. The number of aromatic nitrogens is 2. The lowest BCUT2D eigenvalue weighted by atomic mass is 9.96. The van der Waals surface area contributed by atoms with Gasteiger partial charge in [0.05, 0.1) is 17.6 Å². The predicted octanol–water partition coefficient (Wildman–Crippen LogP) is 6.80. The van der Waals surface area contributed by atoms with Gasteiger partial charge >= 0.3 is 12.1 Å². The molecule has 47 heavy (non-hydrogen) atoms. The Balaban J connectivity index is 1.23. The van der Waals surface area contributed by atoms with Gasteiger partial charge in [-0.25, -0.2) is 19.6 Å². The number of carbonyl (C=O) groups is 3. The van der Waals surface area contributed by atoms with Crippen molar-refractivity contribution in [2.45, 2.75) is 95.9 Å². The molecular weight excluding hydrogens is 641 g/mol. The van der Waals surface area contributed by atoms with Gasteiger partial charge in [-0.05, 0) is 102 Å². The first-order valence-electron chi connectivity index (χ1n) is 16.0. The monoisotopic (exact) mass is 681 g/mol. The molecule has 0 radical (unpaired) electrons. The zero-order chi connectivity index (χ0) is 33.7. The molecule has 250 valence electrons. The van der Waals surface area contributed by atoms with Crippen molar-refractivity contribution in [1.82, 2.24) is 20.2 Å². The van der Waals surface area contributed by atoms with Gasteiger partial charge in [-0.15, -0.1) is 0 Å². The summed E-state index contributed by atoms with van der Waals surface area (Å²) in [6.07, 6.45) is 6.32. The number of rotatable bonds is 8. The van der Waals surface area contributed by atoms with Gasteiger partial charge in [0.2, 0.25) is 0 Å². The fraction of sp³-hybridized carbons (Fsp3) is 0.457. The summed E-state index contributed by atoms with van der Waals surface area (Å²) in [5.41, 5.74) is 8.70. The van der Waals surface area contributed by atoms with Gasteiger partial charge in [0.25, 0.3) is 5.91 Å². The summed E-state index contributed by atoms with van der Waals surface area (Å²) in [6.45, 7) is 5.61. The second-order valence-corrected chi connectivity index (χ2v) is 13.9. The Labute approximate surface area is 285 Å². The number of hydrogen-bond donors (Lipinski definition) is 2. The Morgan fingerprint density at radius 1 is 1.00 bits per heavy atom. The molecule has 1 aliphatic heterocycles. The minimum Gasteiger partial charge on any atom is -0.461 e. The topological polar surface area (TPSA) is 137 Å². The first-order valence-corrected chi connectivity index (χ1v) is 16.8. The molecule has 2 aliphatic rings. The number of halogens is 2. The minimum atomic E-state index is -0.848. The molecule has 2 aromatic carbocycles. The lowest BCUT2D eigenvalue weighted by Crippen LogP contribution is -2.56. The summed E-state index contributed by atoms with van der Waals surface area (Å²) in [4.78, 5) is 50.1. The van der Waals surface area contributed by atoms with Crippen molar-refractivity contribution in [3.63, 3.8) is 0 Å². The first kappa shape index (κ1) is 34.4. The summed E-state index contributed by atoms with van der Waals surface area (Å²) >= 11 is 12.7. The summed E-state index contributed by atoms with van der Waals surface area (Å²) in [6, 6.07) is 11.2. The molecule has 12 heteroatoms. The number of piperidine rings is 1. The summed E-state index contributed by atoms with van der Waals surface area (Å²) in [5.74, 6) is -0.406. The maximum Gasteiger partial charge on any atom is 0.411 e. The third-order valence-corrected chi connectivity index (χ3v) is 9.12. The van der Waals surface area contributed by atoms with E-state index >= 15 is 0 Å². The maximum atomic E-state index is 13.3. The van der Waals surface area contributed by atoms with Crippen molar-refractivity contribution in [2.75, 3.05) is 12.3 Å². The third-order valence-electron chi connectivity index (χ3n) is 8.42. The van der Waals surface area contributed by atoms with E-state index < -0.39 is 23.7 Å². The molecule has 0 bridgehead atoms. The Morgan fingerprint density at radius 2 is 1.68 bits per heavy atom. The number of ether oxygens (including phenoxy) is 2. The van der Waals surface area contributed by atoms with Crippen LogP contribution in [0.3, 0.4) is 0 Å². The highest BCUT2D eigenvalue weighted by Gasteiger charge is 2.40. The van der Waals surface area contributed by atoms with E-state index in [0.717, 1.165) is 36.8 Å². The van der Waals surface area contributed by atoms with E-state index in [1.807, 2.05) is 0 Å². The predicted molar refractivity (Wildman–Crippen MR) is 181 cm³/mol. The van der Waals surface area contributed by atoms with Crippen LogP contribution in [0.1, 0.15) is 80.9 Å². The minimum absolute atomic E-state index is 0.140. The fourth-order valence-electron chi connectivity index (χ4n) is 5.94. The zero-order valence-electron chi connectivity index (χ0n) is 26.9. The Morgan fingerprint density at radius 3 is 2.34 bits per heavy atom. The van der Waals surface area contributed by atoms with Gasteiger partial charge in [0.15, 0.2) is 0 Å². The van der Waals surface area contributed by atoms with Crippen LogP contribution in [-0.2, 0) is 27.1 Å². The molecule has 1 aliphatic carbocycles. The Kier molecular flexibility index (Phi) is 10.9. The summed E-state index contributed by atoms with van der Waals surface area (Å²) < 4.78 is 11.4. The van der Waals surface area contributed by atoms with E-state index in [0.29, 0.717) is 52.1 Å². The Bertz CT molecular complexity index is 1580. The van der Waals surface area contributed by atoms with E-state index in [2.05, 4.69) is 10.3 Å². The number of nitrogens with two attached hydrogens (primary N) is 1. The van der Waals surface area contributed by atoms with Crippen LogP contribution in [0.5, 0.6) is 0 Å². The van der Waals surface area contributed by atoms with E-state index in [1.54, 1.807) is 69.4 Å². The zero-order valence-corrected chi connectivity index (χ0v) is 28.4. The largest absolute Gasteiger partial charge is 0.461 e. The number of aryl methyl sites for hydroxylation is 1. The van der Waals surface area contributed by atoms with E-state index in [-0.39, 0.29) is 31.0 Å². The van der Waals surface area contributed by atoms with Crippen LogP contribution in [0, 0.1) is 0 Å². The van der Waals surface area contributed by atoms with Gasteiger partial charge < -0.3 is 20.5 Å². The van der Waals surface area contributed by atoms with E-state index in [9.17, 15) is 14.4 Å². The fourth-order valence-corrected chi connectivity index (χ4v) is 6.53. The molecule has 3 aromatic rings. The standard InChI is InChI=1S/C35H41Cl2N5O5/c1-35(2,3)47-34(45)42-18-17-23(19-30(42)33(44)46-24-7-4-5-8-24)40-32(43)22-13-11-21(12-14-22)29-20-39-31(38)28(41-29)16-15-25-26(36)9-6-10-27(25)37/h6,9-14,20,23-24,30H,4-5,7-8,15-19H2,1-3H3,(H2,38,39)(H,40,43)/t23?,30-/m1/s1. The highest BCUT2D eigenvalue weighted by molar-refractivity contribution is 6.36. The smallest absolute Gasteiger partial charge is 0.411 e. The summed E-state index contributed by atoms with van der Waals surface area (Å²) in [5, 5.41) is 4.22. The molecule has 2 fully saturated rings. The van der Waals surface area contributed by atoms with Crippen LogP contribution < -0.4 is 11.1 Å². The second-order valence-electron chi connectivity index (χ2n) is 13.1. The quantitative estimate of drug-likeness (QED) is 0.248. The van der Waals surface area contributed by atoms with Crippen LogP contribution in [0.25, 0.3) is 11.3 Å². The molecule has 2 amide bonds. The van der Waals surface area contributed by atoms with Gasteiger partial charge in [0.1, 0.15) is 23.6 Å². The molecule has 1 saturated heterocycles. The summed E-state index contributed by atoms with van der Waals surface area (Å²) in [7, 11) is 0. The van der Waals surface area contributed by atoms with E-state index in [1.165, 1.54) is 4.90 Å². The van der Waals surface area contributed by atoms with Gasteiger partial charge in [-0.2, -0.15) is 0 Å². The van der Waals surface area contributed by atoms with Crippen molar-refractivity contribution < 1.29 is 23.9 Å². The highest BCUT2D eigenvalue weighted by Crippen LogP contribution is 2.28. The van der Waals surface area contributed by atoms with Gasteiger partial charge in [-0.1, -0.05) is 41.4 Å². The lowest BCUT2D eigenvalue weighted by Gasteiger charge is -2.39. The number of anilines is 1. The molecule has 5 rings (SSSR count). The highest BCUT2D eigenvalue weighted by atomic mass is 35.5. The SMILES string of the molecule is CC(C)(C)OC(=O)N1CCC(NC(=O)c2ccc(-c3cnc(N)c(CCc4c(Cl)cccc4Cl)n3)cc2)C[C@@H]1C(=O)OC1CCCC1. The number of nitrogens with one attached hydrogen (secondary N) is 1. The number of hydrogen-bond acceptors (Lipinski definition) is 8. The van der Waals surface area contributed by atoms with Crippen LogP contribution in [0.2, 0.25) is 10.0 Å². The lowest BCUT2D eigenvalue weighted by molar-refractivity contribution is -0.156. The van der Waals surface area contributed by atoms with Crippen LogP contribution in [-0.4, -0.2) is 63.2 Å². The molecule has 3 N–H and O–H groups in total. The number of amides is 2. The first-order chi connectivity index (χ1) is 22.4. The molecular formula is C35H41Cl2N5O5.